The van der Waals surface area contributed by atoms with Gasteiger partial charge < -0.3 is 18.7 Å². The monoisotopic (exact) mass is 784 g/mol. The van der Waals surface area contributed by atoms with E-state index in [2.05, 4.69) is 36.7 Å². The van der Waals surface area contributed by atoms with Crippen LogP contribution in [-0.4, -0.2) is 64.9 Å². The minimum Gasteiger partial charge on any atom is -0.405 e. The highest BCUT2D eigenvalue weighted by atomic mass is 79.9. The van der Waals surface area contributed by atoms with Crippen LogP contribution in [0.4, 0.5) is 4.39 Å². The second kappa shape index (κ2) is 13.6. The van der Waals surface area contributed by atoms with E-state index in [9.17, 15) is 13.5 Å². The second-order valence-corrected chi connectivity index (χ2v) is 26.6. The normalized spacial score (nSPS) is 23.8. The molecule has 1 N–H and O–H groups in total. The summed E-state index contributed by atoms with van der Waals surface area (Å²) < 4.78 is 61.3. The van der Waals surface area contributed by atoms with Gasteiger partial charge in [-0.2, -0.15) is 0 Å². The molecular formula is C38H46BrFO6SSi2. The predicted octanol–water partition coefficient (Wildman–Crippen LogP) is 5.66. The minimum absolute atomic E-state index is 0.259. The summed E-state index contributed by atoms with van der Waals surface area (Å²) in [4.78, 5) is 0. The van der Waals surface area contributed by atoms with Crippen LogP contribution < -0.4 is 20.7 Å². The van der Waals surface area contributed by atoms with Gasteiger partial charge in [0.05, 0.1) is 6.61 Å². The molecule has 262 valence electrons. The van der Waals surface area contributed by atoms with Crippen molar-refractivity contribution in [2.75, 3.05) is 12.9 Å². The molecule has 4 aromatic carbocycles. The first-order valence-electron chi connectivity index (χ1n) is 16.3. The molecule has 1 saturated heterocycles. The second-order valence-electron chi connectivity index (χ2n) is 14.8. The molecule has 6 nitrogen and oxygen atoms in total. The smallest absolute Gasteiger partial charge is 0.319 e. The van der Waals surface area contributed by atoms with E-state index in [-0.39, 0.29) is 6.61 Å². The van der Waals surface area contributed by atoms with Crippen molar-refractivity contribution < 1.29 is 31.5 Å². The van der Waals surface area contributed by atoms with Gasteiger partial charge in [0.25, 0.3) is 21.2 Å². The van der Waals surface area contributed by atoms with Crippen molar-refractivity contribution in [3.05, 3.63) is 121 Å². The Morgan fingerprint density at radius 2 is 1.04 bits per heavy atom. The van der Waals surface area contributed by atoms with Crippen molar-refractivity contribution in [2.24, 2.45) is 0 Å². The van der Waals surface area contributed by atoms with Gasteiger partial charge in [-0.15, -0.1) is 0 Å². The summed E-state index contributed by atoms with van der Waals surface area (Å²) in [5, 5.41) is 11.1. The standard InChI is InChI=1S/C38H46BrFO6SSi2/c1-35(2,3)48(29-20-12-8-13-21-29,30-22-14-9-15-23-30)44-28-33-34(37(39,40)38(41,45-33)47(7,42)43)46-49(36(4,5)6,31-24-16-10-17-25-31)32-26-18-11-19-27-32/h8-27,33-34,41H,28H2,1-7H3/t33-,34-,37?,38?/m0/s1. The van der Waals surface area contributed by atoms with Crippen molar-refractivity contribution in [3.63, 3.8) is 0 Å². The van der Waals surface area contributed by atoms with Gasteiger partial charge in [0.15, 0.2) is 0 Å². The van der Waals surface area contributed by atoms with E-state index in [1.54, 1.807) is 0 Å². The molecule has 4 atom stereocenters. The van der Waals surface area contributed by atoms with Gasteiger partial charge in [-0.05, 0) is 46.8 Å². The maximum Gasteiger partial charge on any atom is 0.319 e. The molecule has 1 fully saturated rings. The Kier molecular flexibility index (Phi) is 10.5. The highest BCUT2D eigenvalue weighted by Crippen LogP contribution is 2.53. The largest absolute Gasteiger partial charge is 0.405 e. The first-order valence-corrected chi connectivity index (χ1v) is 22.8. The molecule has 1 aliphatic heterocycles. The molecule has 0 aromatic heterocycles. The molecule has 0 aliphatic carbocycles. The molecule has 0 bridgehead atoms. The molecule has 0 saturated carbocycles. The van der Waals surface area contributed by atoms with Crippen LogP contribution in [0.3, 0.4) is 0 Å². The third kappa shape index (κ3) is 6.46. The topological polar surface area (TPSA) is 82.1 Å². The van der Waals surface area contributed by atoms with E-state index < -0.39 is 58.5 Å². The lowest BCUT2D eigenvalue weighted by Crippen LogP contribution is -2.70. The number of ether oxygens (including phenoxy) is 1. The first-order chi connectivity index (χ1) is 22.8. The van der Waals surface area contributed by atoms with E-state index in [0.717, 1.165) is 27.0 Å². The average molecular weight is 786 g/mol. The van der Waals surface area contributed by atoms with Crippen LogP contribution in [0.25, 0.3) is 0 Å². The van der Waals surface area contributed by atoms with Crippen molar-refractivity contribution >= 4 is 63.1 Å². The fraction of sp³-hybridized carbons (Fsp3) is 0.368. The van der Waals surface area contributed by atoms with Crippen LogP contribution >= 0.6 is 15.9 Å². The summed E-state index contributed by atoms with van der Waals surface area (Å²) in [6.45, 7) is 12.2. The van der Waals surface area contributed by atoms with Crippen molar-refractivity contribution in [1.29, 1.82) is 0 Å². The molecule has 4 aromatic rings. The fourth-order valence-electron chi connectivity index (χ4n) is 7.22. The molecule has 0 spiro atoms. The Labute approximate surface area is 301 Å². The van der Waals surface area contributed by atoms with Crippen LogP contribution in [0.1, 0.15) is 41.5 Å². The molecule has 5 rings (SSSR count). The third-order valence-electron chi connectivity index (χ3n) is 9.53. The summed E-state index contributed by atoms with van der Waals surface area (Å²) in [5.41, 5.74) is 0. The lowest BCUT2D eigenvalue weighted by atomic mass is 10.1. The SMILES string of the molecule is CC(C)(C)[Si](OC[C@@H]1OC(O)(S(C)(=O)=O)C(F)(Br)[C@H]1O[Si](c1ccccc1)(c1ccccc1)C(C)(C)C)(c1ccccc1)c1ccccc1. The van der Waals surface area contributed by atoms with Gasteiger partial charge in [0.2, 0.25) is 9.84 Å². The highest BCUT2D eigenvalue weighted by molar-refractivity contribution is 9.10. The van der Waals surface area contributed by atoms with Crippen LogP contribution in [-0.2, 0) is 23.4 Å². The summed E-state index contributed by atoms with van der Waals surface area (Å²) >= 11 is 3.05. The van der Waals surface area contributed by atoms with Crippen LogP contribution in [0.5, 0.6) is 0 Å². The first kappa shape index (κ1) is 37.8. The zero-order valence-corrected chi connectivity index (χ0v) is 33.5. The van der Waals surface area contributed by atoms with Gasteiger partial charge in [-0.3, -0.25) is 0 Å². The number of hydrogen-bond acceptors (Lipinski definition) is 6. The Morgan fingerprint density at radius 1 is 0.714 bits per heavy atom. The van der Waals surface area contributed by atoms with Crippen LogP contribution in [0.2, 0.25) is 10.1 Å². The third-order valence-corrected chi connectivity index (χ3v) is 22.2. The molecule has 0 amide bonds. The quantitative estimate of drug-likeness (QED) is 0.165. The van der Waals surface area contributed by atoms with E-state index in [1.165, 1.54) is 0 Å². The molecule has 11 heteroatoms. The van der Waals surface area contributed by atoms with Crippen LogP contribution in [0.15, 0.2) is 121 Å². The van der Waals surface area contributed by atoms with Gasteiger partial charge in [-0.1, -0.05) is 163 Å². The van der Waals surface area contributed by atoms with Gasteiger partial charge >= 0.3 is 5.12 Å². The maximum atomic E-state index is 17.5. The van der Waals surface area contributed by atoms with Gasteiger partial charge in [0, 0.05) is 6.26 Å². The molecule has 1 heterocycles. The Hall–Kier alpha value is -2.49. The molecule has 1 aliphatic rings. The summed E-state index contributed by atoms with van der Waals surface area (Å²) in [5.74, 6) is 0. The number of alkyl halides is 2. The number of rotatable bonds is 10. The number of hydrogen-bond donors (Lipinski definition) is 1. The molecule has 2 unspecified atom stereocenters. The highest BCUT2D eigenvalue weighted by Gasteiger charge is 2.74. The van der Waals surface area contributed by atoms with Crippen molar-refractivity contribution in [3.8, 4) is 0 Å². The maximum absolute atomic E-state index is 17.5. The van der Waals surface area contributed by atoms with Crippen molar-refractivity contribution in [2.45, 2.75) is 73.5 Å². The Morgan fingerprint density at radius 3 is 1.35 bits per heavy atom. The zero-order valence-electron chi connectivity index (χ0n) is 29.1. The molecule has 0 radical (unpaired) electrons. The lowest BCUT2D eigenvalue weighted by molar-refractivity contribution is -0.160. The van der Waals surface area contributed by atoms with Gasteiger partial charge in [-0.25, -0.2) is 12.8 Å². The van der Waals surface area contributed by atoms with Crippen LogP contribution in [0, 0.1) is 0 Å². The number of sulfone groups is 1. The number of halogens is 2. The van der Waals surface area contributed by atoms with E-state index in [4.69, 9.17) is 13.6 Å². The summed E-state index contributed by atoms with van der Waals surface area (Å²) in [7, 11) is -11.3. The number of benzene rings is 4. The molecular weight excluding hydrogens is 740 g/mol. The summed E-state index contributed by atoms with van der Waals surface area (Å²) in [6.07, 6.45) is -2.20. The van der Waals surface area contributed by atoms with E-state index in [1.807, 2.05) is 142 Å². The predicted molar refractivity (Wildman–Crippen MR) is 203 cm³/mol. The minimum atomic E-state index is -4.58. The Balaban J connectivity index is 1.72. The summed E-state index contributed by atoms with van der Waals surface area (Å²) in [6, 6.07) is 39.2. The number of aliphatic hydroxyl groups is 1. The van der Waals surface area contributed by atoms with E-state index in [0.29, 0.717) is 0 Å². The fourth-order valence-corrected chi connectivity index (χ4v) is 18.9. The van der Waals surface area contributed by atoms with Gasteiger partial charge in [0.1, 0.15) is 12.2 Å². The van der Waals surface area contributed by atoms with E-state index >= 15 is 4.39 Å². The lowest BCUT2D eigenvalue weighted by Gasteiger charge is -2.47. The Bertz CT molecular complexity index is 1740. The molecule has 49 heavy (non-hydrogen) atoms. The van der Waals surface area contributed by atoms with Crippen molar-refractivity contribution in [1.82, 2.24) is 0 Å². The zero-order chi connectivity index (χ0) is 35.9. The average Bonchev–Trinajstić information content (AvgIpc) is 3.25.